The molecule has 1 aliphatic rings. The van der Waals surface area contributed by atoms with Gasteiger partial charge in [-0.05, 0) is 42.5 Å². The number of benzene rings is 2. The number of nitrogens with two attached hydrogens (primary N) is 1. The van der Waals surface area contributed by atoms with Gasteiger partial charge in [0.15, 0.2) is 0 Å². The highest BCUT2D eigenvalue weighted by Gasteiger charge is 2.32. The van der Waals surface area contributed by atoms with Gasteiger partial charge in [-0.3, -0.25) is 9.69 Å². The van der Waals surface area contributed by atoms with Gasteiger partial charge >= 0.3 is 5.97 Å². The highest BCUT2D eigenvalue weighted by molar-refractivity contribution is 5.79. The molecule has 0 unspecified atom stereocenters. The van der Waals surface area contributed by atoms with Crippen LogP contribution >= 0.6 is 0 Å². The Hall–Kier alpha value is -2.43. The number of carboxylic acid groups (broad SMARTS) is 1. The molecule has 1 heterocycles. The van der Waals surface area contributed by atoms with E-state index in [1.807, 2.05) is 12.1 Å². The van der Waals surface area contributed by atoms with E-state index in [0.717, 1.165) is 32.4 Å². The van der Waals surface area contributed by atoms with Gasteiger partial charge < -0.3 is 10.8 Å². The maximum Gasteiger partial charge on any atom is 0.322 e. The van der Waals surface area contributed by atoms with Crippen LogP contribution in [0.1, 0.15) is 30.4 Å². The average Bonchev–Trinajstić information content (AvgIpc) is 3.14. The highest BCUT2D eigenvalue weighted by Crippen LogP contribution is 2.25. The van der Waals surface area contributed by atoms with Gasteiger partial charge in [-0.2, -0.15) is 0 Å². The molecule has 136 valence electrons. The first-order chi connectivity index (χ1) is 12.7. The van der Waals surface area contributed by atoms with Crippen LogP contribution in [0.3, 0.4) is 0 Å². The number of hydrogen-bond acceptors (Lipinski definition) is 3. The van der Waals surface area contributed by atoms with Gasteiger partial charge in [-0.1, -0.05) is 66.7 Å². The standard InChI is InChI=1S/C22H26N2O2/c23-21(22(25)26)20-14-8-16-24(20)15-7-13-19(17-9-3-1-4-10-17)18-11-5-2-6-12-18/h1-6,9-13,20-21H,7-8,14-16,23H2,(H,25,26)/t20-,21+/m1/s1. The second-order valence-electron chi connectivity index (χ2n) is 6.75. The van der Waals surface area contributed by atoms with Gasteiger partial charge in [0, 0.05) is 12.6 Å². The SMILES string of the molecule is N[C@H](C(=O)O)[C@H]1CCCN1CCC=C(c1ccccc1)c1ccccc1. The van der Waals surface area contributed by atoms with E-state index >= 15 is 0 Å². The number of aliphatic carboxylic acids is 1. The molecule has 0 bridgehead atoms. The number of carboxylic acids is 1. The number of likely N-dealkylation sites (tertiary alicyclic amines) is 1. The first-order valence-electron chi connectivity index (χ1n) is 9.20. The van der Waals surface area contributed by atoms with Crippen molar-refractivity contribution in [1.29, 1.82) is 0 Å². The number of carbonyl (C=O) groups is 1. The summed E-state index contributed by atoms with van der Waals surface area (Å²) >= 11 is 0. The lowest BCUT2D eigenvalue weighted by Crippen LogP contribution is -2.48. The summed E-state index contributed by atoms with van der Waals surface area (Å²) in [6.07, 6.45) is 5.00. The lowest BCUT2D eigenvalue weighted by Gasteiger charge is -2.26. The van der Waals surface area contributed by atoms with Crippen molar-refractivity contribution in [2.45, 2.75) is 31.3 Å². The summed E-state index contributed by atoms with van der Waals surface area (Å²) in [6.45, 7) is 1.75. The average molecular weight is 350 g/mol. The zero-order chi connectivity index (χ0) is 18.4. The van der Waals surface area contributed by atoms with Crippen molar-refractivity contribution in [3.8, 4) is 0 Å². The molecular weight excluding hydrogens is 324 g/mol. The van der Waals surface area contributed by atoms with Gasteiger partial charge in [-0.25, -0.2) is 0 Å². The Balaban J connectivity index is 1.74. The van der Waals surface area contributed by atoms with Gasteiger partial charge in [-0.15, -0.1) is 0 Å². The van der Waals surface area contributed by atoms with Crippen LogP contribution in [0, 0.1) is 0 Å². The van der Waals surface area contributed by atoms with Crippen molar-refractivity contribution < 1.29 is 9.90 Å². The van der Waals surface area contributed by atoms with E-state index in [1.165, 1.54) is 16.7 Å². The Morgan fingerprint density at radius 1 is 1.12 bits per heavy atom. The van der Waals surface area contributed by atoms with Crippen molar-refractivity contribution in [2.24, 2.45) is 5.73 Å². The van der Waals surface area contributed by atoms with Crippen LogP contribution in [0.5, 0.6) is 0 Å². The van der Waals surface area contributed by atoms with E-state index in [0.29, 0.717) is 0 Å². The zero-order valence-corrected chi connectivity index (χ0v) is 14.9. The van der Waals surface area contributed by atoms with E-state index in [4.69, 9.17) is 5.73 Å². The van der Waals surface area contributed by atoms with Gasteiger partial charge in [0.25, 0.3) is 0 Å². The maximum atomic E-state index is 11.2. The summed E-state index contributed by atoms with van der Waals surface area (Å²) in [5.41, 5.74) is 9.47. The molecule has 26 heavy (non-hydrogen) atoms. The van der Waals surface area contributed by atoms with Crippen molar-refractivity contribution >= 4 is 11.5 Å². The fraction of sp³-hybridized carbons (Fsp3) is 0.318. The van der Waals surface area contributed by atoms with E-state index in [9.17, 15) is 9.90 Å². The molecule has 0 saturated carbocycles. The van der Waals surface area contributed by atoms with E-state index in [1.54, 1.807) is 0 Å². The molecule has 4 heteroatoms. The van der Waals surface area contributed by atoms with Crippen LogP contribution < -0.4 is 5.73 Å². The first-order valence-corrected chi connectivity index (χ1v) is 9.20. The minimum Gasteiger partial charge on any atom is -0.480 e. The molecule has 3 rings (SSSR count). The van der Waals surface area contributed by atoms with Gasteiger partial charge in [0.1, 0.15) is 6.04 Å². The summed E-state index contributed by atoms with van der Waals surface area (Å²) in [4.78, 5) is 13.4. The Morgan fingerprint density at radius 2 is 1.69 bits per heavy atom. The molecule has 0 amide bonds. The van der Waals surface area contributed by atoms with Crippen LogP contribution in [0.25, 0.3) is 5.57 Å². The highest BCUT2D eigenvalue weighted by atomic mass is 16.4. The molecule has 4 nitrogen and oxygen atoms in total. The Morgan fingerprint density at radius 3 is 2.23 bits per heavy atom. The second-order valence-corrected chi connectivity index (χ2v) is 6.75. The topological polar surface area (TPSA) is 66.6 Å². The minimum atomic E-state index is -0.910. The van der Waals surface area contributed by atoms with Crippen molar-refractivity contribution in [3.05, 3.63) is 77.9 Å². The molecule has 1 fully saturated rings. The summed E-state index contributed by atoms with van der Waals surface area (Å²) < 4.78 is 0. The zero-order valence-electron chi connectivity index (χ0n) is 14.9. The molecule has 2 aromatic rings. The number of hydrogen-bond donors (Lipinski definition) is 2. The first kappa shape index (κ1) is 18.4. The molecule has 0 aromatic heterocycles. The van der Waals surface area contributed by atoms with E-state index < -0.39 is 12.0 Å². The molecule has 1 aliphatic heterocycles. The third-order valence-corrected chi connectivity index (χ3v) is 5.05. The Kier molecular flexibility index (Phi) is 6.21. The van der Waals surface area contributed by atoms with Crippen LogP contribution in [-0.2, 0) is 4.79 Å². The summed E-state index contributed by atoms with van der Waals surface area (Å²) in [5.74, 6) is -0.910. The third kappa shape index (κ3) is 4.40. The maximum absolute atomic E-state index is 11.2. The molecule has 2 aromatic carbocycles. The molecule has 2 atom stereocenters. The van der Waals surface area contributed by atoms with Crippen LogP contribution in [0.2, 0.25) is 0 Å². The lowest BCUT2D eigenvalue weighted by atomic mass is 9.97. The molecular formula is C22H26N2O2. The number of nitrogens with zero attached hydrogens (tertiary/aromatic N) is 1. The van der Waals surface area contributed by atoms with Gasteiger partial charge in [0.2, 0.25) is 0 Å². The largest absolute Gasteiger partial charge is 0.480 e. The van der Waals surface area contributed by atoms with Gasteiger partial charge in [0.05, 0.1) is 0 Å². The predicted octanol–water partition coefficient (Wildman–Crippen LogP) is 3.38. The molecule has 0 radical (unpaired) electrons. The minimum absolute atomic E-state index is 0.0576. The fourth-order valence-corrected chi connectivity index (χ4v) is 3.71. The van der Waals surface area contributed by atoms with Crippen LogP contribution in [0.4, 0.5) is 0 Å². The van der Waals surface area contributed by atoms with Crippen molar-refractivity contribution in [3.63, 3.8) is 0 Å². The second kappa shape index (κ2) is 8.79. The molecule has 0 spiro atoms. The Labute approximate surface area is 154 Å². The monoisotopic (exact) mass is 350 g/mol. The van der Waals surface area contributed by atoms with Crippen LogP contribution in [0.15, 0.2) is 66.7 Å². The normalized spacial score (nSPS) is 18.4. The molecule has 0 aliphatic carbocycles. The van der Waals surface area contributed by atoms with Crippen molar-refractivity contribution in [1.82, 2.24) is 4.90 Å². The van der Waals surface area contributed by atoms with E-state index in [-0.39, 0.29) is 6.04 Å². The lowest BCUT2D eigenvalue weighted by molar-refractivity contribution is -0.140. The summed E-state index contributed by atoms with van der Waals surface area (Å²) in [5, 5.41) is 9.21. The quantitative estimate of drug-likeness (QED) is 0.803. The van der Waals surface area contributed by atoms with Crippen LogP contribution in [-0.4, -0.2) is 41.1 Å². The van der Waals surface area contributed by atoms with Crippen molar-refractivity contribution in [2.75, 3.05) is 13.1 Å². The fourth-order valence-electron chi connectivity index (χ4n) is 3.71. The smallest absolute Gasteiger partial charge is 0.322 e. The Bertz CT molecular complexity index is 702. The molecule has 1 saturated heterocycles. The summed E-state index contributed by atoms with van der Waals surface area (Å²) in [6, 6.07) is 19.9. The van der Waals surface area contributed by atoms with E-state index in [2.05, 4.69) is 59.5 Å². The summed E-state index contributed by atoms with van der Waals surface area (Å²) in [7, 11) is 0. The third-order valence-electron chi connectivity index (χ3n) is 5.05. The predicted molar refractivity (Wildman–Crippen MR) is 105 cm³/mol. The molecule has 3 N–H and O–H groups in total. The number of rotatable bonds is 7.